The van der Waals surface area contributed by atoms with Gasteiger partial charge in [-0.1, -0.05) is 42.5 Å². The molecular weight excluding hydrogens is 132 g/mol. The highest BCUT2D eigenvalue weighted by molar-refractivity contribution is 5.20. The Hall–Kier alpha value is -1.04. The van der Waals surface area contributed by atoms with E-state index in [0.717, 1.165) is 12.0 Å². The largest absolute Gasteiger partial charge is 0.0998 e. The first-order chi connectivity index (χ1) is 5.29. The summed E-state index contributed by atoms with van der Waals surface area (Å²) in [6, 6.07) is 10.4. The van der Waals surface area contributed by atoms with Gasteiger partial charge in [-0.05, 0) is 25.3 Å². The molecule has 0 N–H and O–H groups in total. The first kappa shape index (κ1) is 8.06. The first-order valence-electron chi connectivity index (χ1n) is 3.81. The van der Waals surface area contributed by atoms with Gasteiger partial charge < -0.3 is 0 Å². The average Bonchev–Trinajstić information content (AvgIpc) is 2.03. The van der Waals surface area contributed by atoms with E-state index < -0.39 is 0 Å². The fourth-order valence-corrected chi connectivity index (χ4v) is 0.906. The molecule has 57 valence electrons. The van der Waals surface area contributed by atoms with Gasteiger partial charge in [0.25, 0.3) is 0 Å². The molecule has 0 amide bonds. The fraction of sp³-hybridized carbons (Fsp3) is 0.182. The lowest BCUT2D eigenvalue weighted by molar-refractivity contribution is 1.15. The van der Waals surface area contributed by atoms with E-state index in [-0.39, 0.29) is 0 Å². The third-order valence-corrected chi connectivity index (χ3v) is 1.53. The van der Waals surface area contributed by atoms with Crippen molar-refractivity contribution in [1.29, 1.82) is 0 Å². The summed E-state index contributed by atoms with van der Waals surface area (Å²) in [7, 11) is 0. The molecule has 0 aliphatic carbocycles. The zero-order valence-electron chi connectivity index (χ0n) is 6.88. The van der Waals surface area contributed by atoms with Gasteiger partial charge in [0.05, 0.1) is 0 Å². The van der Waals surface area contributed by atoms with Crippen LogP contribution in [0.5, 0.6) is 0 Å². The molecule has 1 rings (SSSR count). The lowest BCUT2D eigenvalue weighted by Gasteiger charge is -1.98. The van der Waals surface area contributed by atoms with Crippen molar-refractivity contribution in [3.8, 4) is 0 Å². The van der Waals surface area contributed by atoms with Gasteiger partial charge in [-0.2, -0.15) is 0 Å². The number of hydrogen-bond donors (Lipinski definition) is 0. The van der Waals surface area contributed by atoms with E-state index in [0.29, 0.717) is 0 Å². The van der Waals surface area contributed by atoms with E-state index in [4.69, 9.17) is 0 Å². The molecule has 11 heavy (non-hydrogen) atoms. The second kappa shape index (κ2) is 3.97. The van der Waals surface area contributed by atoms with E-state index in [9.17, 15) is 0 Å². The molecule has 0 aromatic heterocycles. The summed E-state index contributed by atoms with van der Waals surface area (Å²) in [5, 5.41) is 0. The number of allylic oxidation sites excluding steroid dienone is 1. The van der Waals surface area contributed by atoms with Crippen LogP contribution in [-0.2, 0) is 6.42 Å². The smallest absolute Gasteiger partial charge is 0.00996 e. The summed E-state index contributed by atoms with van der Waals surface area (Å²) in [6.45, 7) is 5.83. The summed E-state index contributed by atoms with van der Waals surface area (Å²) < 4.78 is 0. The molecule has 0 aliphatic heterocycles. The van der Waals surface area contributed by atoms with E-state index >= 15 is 0 Å². The van der Waals surface area contributed by atoms with Gasteiger partial charge in [0.2, 0.25) is 0 Å². The topological polar surface area (TPSA) is 0 Å². The molecule has 1 aromatic carbocycles. The van der Waals surface area contributed by atoms with Crippen LogP contribution in [0.2, 0.25) is 0 Å². The van der Waals surface area contributed by atoms with E-state index in [2.05, 4.69) is 37.3 Å². The quantitative estimate of drug-likeness (QED) is 0.613. The van der Waals surface area contributed by atoms with Crippen molar-refractivity contribution in [2.45, 2.75) is 13.3 Å². The minimum atomic E-state index is 0.996. The highest BCUT2D eigenvalue weighted by Crippen LogP contribution is 2.05. The Balaban J connectivity index is 2.45. The van der Waals surface area contributed by atoms with Crippen LogP contribution in [0.3, 0.4) is 0 Å². The monoisotopic (exact) mass is 145 g/mol. The minimum absolute atomic E-state index is 0.996. The van der Waals surface area contributed by atoms with Crippen molar-refractivity contribution in [3.63, 3.8) is 0 Å². The number of rotatable bonds is 3. The maximum absolute atomic E-state index is 3.81. The average molecular weight is 145 g/mol. The Morgan fingerprint density at radius 1 is 1.36 bits per heavy atom. The summed E-state index contributed by atoms with van der Waals surface area (Å²) in [5.41, 5.74) is 2.48. The van der Waals surface area contributed by atoms with Gasteiger partial charge >= 0.3 is 0 Å². The summed E-state index contributed by atoms with van der Waals surface area (Å²) >= 11 is 0. The molecule has 0 atom stereocenters. The molecule has 0 saturated carbocycles. The molecule has 0 fully saturated rings. The van der Waals surface area contributed by atoms with Crippen LogP contribution in [0.4, 0.5) is 0 Å². The predicted molar refractivity (Wildman–Crippen MR) is 49.3 cm³/mol. The second-order valence-electron chi connectivity index (χ2n) is 2.74. The molecule has 1 radical (unpaired) electrons. The van der Waals surface area contributed by atoms with Crippen molar-refractivity contribution < 1.29 is 0 Å². The van der Waals surface area contributed by atoms with Gasteiger partial charge in [-0.15, -0.1) is 0 Å². The third kappa shape index (κ3) is 3.03. The number of benzene rings is 1. The fourth-order valence-electron chi connectivity index (χ4n) is 0.906. The summed E-state index contributed by atoms with van der Waals surface area (Å²) in [4.78, 5) is 0. The standard InChI is InChI=1S/C11H13/c1-10(2)8-9-11-6-4-3-5-7-11/h3-8H,1,9H2,2H3. The summed E-state index contributed by atoms with van der Waals surface area (Å²) in [5.74, 6) is 0. The van der Waals surface area contributed by atoms with E-state index in [1.165, 1.54) is 5.56 Å². The zero-order chi connectivity index (χ0) is 8.10. The maximum atomic E-state index is 3.81. The molecule has 0 bridgehead atoms. The Morgan fingerprint density at radius 2 is 2.00 bits per heavy atom. The Bertz CT molecular complexity index is 221. The van der Waals surface area contributed by atoms with Crippen LogP contribution >= 0.6 is 0 Å². The highest BCUT2D eigenvalue weighted by atomic mass is 14.0. The lowest BCUT2D eigenvalue weighted by Crippen LogP contribution is -1.85. The van der Waals surface area contributed by atoms with Gasteiger partial charge in [0.1, 0.15) is 0 Å². The maximum Gasteiger partial charge on any atom is -0.00996 e. The van der Waals surface area contributed by atoms with Crippen LogP contribution < -0.4 is 0 Å². The van der Waals surface area contributed by atoms with Crippen LogP contribution in [0.15, 0.2) is 42.5 Å². The van der Waals surface area contributed by atoms with Gasteiger partial charge in [0, 0.05) is 0 Å². The lowest BCUT2D eigenvalue weighted by atomic mass is 10.1. The van der Waals surface area contributed by atoms with Crippen molar-refractivity contribution >= 4 is 0 Å². The molecule has 0 nitrogen and oxygen atoms in total. The SMILES string of the molecule is C=C(C)[CH]Cc1ccccc1. The molecule has 0 heterocycles. The van der Waals surface area contributed by atoms with E-state index in [1.54, 1.807) is 0 Å². The Morgan fingerprint density at radius 3 is 2.55 bits per heavy atom. The molecule has 0 unspecified atom stereocenters. The van der Waals surface area contributed by atoms with Gasteiger partial charge in [0.15, 0.2) is 0 Å². The highest BCUT2D eigenvalue weighted by Gasteiger charge is 1.90. The van der Waals surface area contributed by atoms with Crippen LogP contribution in [0.1, 0.15) is 12.5 Å². The van der Waals surface area contributed by atoms with Crippen LogP contribution in [-0.4, -0.2) is 0 Å². The van der Waals surface area contributed by atoms with Gasteiger partial charge in [-0.3, -0.25) is 0 Å². The first-order valence-corrected chi connectivity index (χ1v) is 3.81. The molecular formula is C11H13. The number of hydrogen-bond acceptors (Lipinski definition) is 0. The van der Waals surface area contributed by atoms with Crippen LogP contribution in [0, 0.1) is 6.42 Å². The van der Waals surface area contributed by atoms with E-state index in [1.807, 2.05) is 13.0 Å². The molecule has 0 heteroatoms. The molecule has 1 aromatic rings. The Kier molecular flexibility index (Phi) is 2.91. The molecule has 0 aliphatic rings. The van der Waals surface area contributed by atoms with Crippen molar-refractivity contribution in [2.24, 2.45) is 0 Å². The zero-order valence-corrected chi connectivity index (χ0v) is 6.88. The summed E-state index contributed by atoms with van der Waals surface area (Å²) in [6.07, 6.45) is 3.13. The van der Waals surface area contributed by atoms with Crippen molar-refractivity contribution in [1.82, 2.24) is 0 Å². The van der Waals surface area contributed by atoms with Crippen molar-refractivity contribution in [2.75, 3.05) is 0 Å². The van der Waals surface area contributed by atoms with Crippen molar-refractivity contribution in [3.05, 3.63) is 54.5 Å². The normalized spacial score (nSPS) is 9.55. The minimum Gasteiger partial charge on any atom is -0.0998 e. The van der Waals surface area contributed by atoms with Gasteiger partial charge in [-0.25, -0.2) is 0 Å². The second-order valence-corrected chi connectivity index (χ2v) is 2.74. The van der Waals surface area contributed by atoms with Crippen LogP contribution in [0.25, 0.3) is 0 Å². The molecule has 0 spiro atoms. The third-order valence-electron chi connectivity index (χ3n) is 1.53. The Labute approximate surface area is 68.6 Å². The predicted octanol–water partition coefficient (Wildman–Crippen LogP) is 3.01. The molecule has 0 saturated heterocycles.